The van der Waals surface area contributed by atoms with E-state index in [1.807, 2.05) is 0 Å². The second-order valence-electron chi connectivity index (χ2n) is 9.05. The van der Waals surface area contributed by atoms with Crippen LogP contribution in [0.2, 0.25) is 0 Å². The Morgan fingerprint density at radius 3 is 2.52 bits per heavy atom. The van der Waals surface area contributed by atoms with E-state index in [0.29, 0.717) is 42.6 Å². The zero-order valence-corrected chi connectivity index (χ0v) is 17.9. The van der Waals surface area contributed by atoms with Gasteiger partial charge in [0.05, 0.1) is 17.1 Å². The second-order valence-corrected chi connectivity index (χ2v) is 9.05. The van der Waals surface area contributed by atoms with E-state index in [1.165, 1.54) is 18.2 Å². The molecule has 33 heavy (non-hydrogen) atoms. The number of benzene rings is 2. The number of amides is 2. The lowest BCUT2D eigenvalue weighted by Crippen LogP contribution is -2.45. The number of carbonyl (C=O) groups is 2. The molecular weight excluding hydrogens is 431 g/mol. The molecule has 1 aliphatic carbocycles. The van der Waals surface area contributed by atoms with Crippen molar-refractivity contribution in [3.8, 4) is 11.3 Å². The lowest BCUT2D eigenvalue weighted by atomic mass is 9.70. The summed E-state index contributed by atoms with van der Waals surface area (Å²) in [6, 6.07) is 8.12. The van der Waals surface area contributed by atoms with E-state index < -0.39 is 11.6 Å². The molecule has 1 saturated heterocycles. The summed E-state index contributed by atoms with van der Waals surface area (Å²) in [6.07, 6.45) is 2.45. The predicted molar refractivity (Wildman–Crippen MR) is 118 cm³/mol. The average Bonchev–Trinajstić information content (AvgIpc) is 3.13. The molecule has 2 fully saturated rings. The number of H-pyrrole nitrogens is 1. The first-order valence-electron chi connectivity index (χ1n) is 11.2. The smallest absolute Gasteiger partial charge is 0.224 e. The summed E-state index contributed by atoms with van der Waals surface area (Å²) in [5, 5.41) is 6.20. The fraction of sp³-hybridized carbons (Fsp3) is 0.360. The van der Waals surface area contributed by atoms with E-state index in [0.717, 1.165) is 24.5 Å². The summed E-state index contributed by atoms with van der Waals surface area (Å²) in [5.74, 6) is -1.65. The van der Waals surface area contributed by atoms with Crippen LogP contribution in [0, 0.1) is 29.3 Å². The molecule has 1 atom stereocenters. The normalized spacial score (nSPS) is 22.6. The Kier molecular flexibility index (Phi) is 5.60. The molecule has 1 saturated carbocycles. The molecule has 2 aromatic carbocycles. The summed E-state index contributed by atoms with van der Waals surface area (Å²) < 4.78 is 42.0. The van der Waals surface area contributed by atoms with E-state index >= 15 is 0 Å². The molecule has 0 radical (unpaired) electrons. The number of aromatic amines is 1. The van der Waals surface area contributed by atoms with Gasteiger partial charge in [-0.3, -0.25) is 9.59 Å². The third kappa shape index (κ3) is 4.21. The van der Waals surface area contributed by atoms with Crippen LogP contribution in [0.25, 0.3) is 22.2 Å². The lowest BCUT2D eigenvalue weighted by Gasteiger charge is -2.36. The summed E-state index contributed by atoms with van der Waals surface area (Å²) >= 11 is 0. The van der Waals surface area contributed by atoms with Gasteiger partial charge in [-0.05, 0) is 72.6 Å². The standard InChI is InChI=1S/C25H24F3N3O2/c26-17-4-1-14(2-5-17)23-22(19-9-18(27)10-20(28)24(19)31-23)16-7-13(8-16)11-30-25(33)15-3-6-21(32)29-12-15/h1-2,4-5,9-10,13,15-16,31H,3,6-8,11-12H2,(H,29,32)(H,30,33). The first-order chi connectivity index (χ1) is 15.9. The number of fused-ring (bicyclic) bond motifs is 1. The Morgan fingerprint density at radius 2 is 1.82 bits per heavy atom. The fourth-order valence-corrected chi connectivity index (χ4v) is 4.99. The highest BCUT2D eigenvalue weighted by atomic mass is 19.1. The van der Waals surface area contributed by atoms with Gasteiger partial charge in [-0.2, -0.15) is 0 Å². The Hall–Kier alpha value is -3.29. The second kappa shape index (κ2) is 8.57. The van der Waals surface area contributed by atoms with Gasteiger partial charge in [0.15, 0.2) is 0 Å². The van der Waals surface area contributed by atoms with E-state index in [1.54, 1.807) is 12.1 Å². The maximum atomic E-state index is 14.5. The van der Waals surface area contributed by atoms with Crippen LogP contribution in [0.1, 0.15) is 37.2 Å². The van der Waals surface area contributed by atoms with Gasteiger partial charge < -0.3 is 15.6 Å². The molecule has 1 aliphatic heterocycles. The summed E-state index contributed by atoms with van der Waals surface area (Å²) in [4.78, 5) is 26.8. The Labute approximate surface area is 188 Å². The first-order valence-corrected chi connectivity index (χ1v) is 11.2. The van der Waals surface area contributed by atoms with Crippen molar-refractivity contribution in [3.63, 3.8) is 0 Å². The first kappa shape index (κ1) is 21.6. The minimum Gasteiger partial charge on any atom is -0.356 e. The van der Waals surface area contributed by atoms with Crippen LogP contribution in [-0.4, -0.2) is 29.9 Å². The molecule has 0 spiro atoms. The molecule has 3 aromatic rings. The van der Waals surface area contributed by atoms with Crippen molar-refractivity contribution in [1.82, 2.24) is 15.6 Å². The molecule has 2 amide bonds. The maximum Gasteiger partial charge on any atom is 0.224 e. The van der Waals surface area contributed by atoms with Crippen molar-refractivity contribution in [1.29, 1.82) is 0 Å². The summed E-state index contributed by atoms with van der Waals surface area (Å²) in [5.41, 5.74) is 2.44. The summed E-state index contributed by atoms with van der Waals surface area (Å²) in [6.45, 7) is 0.891. The average molecular weight is 455 g/mol. The number of halogens is 3. The van der Waals surface area contributed by atoms with E-state index in [9.17, 15) is 22.8 Å². The van der Waals surface area contributed by atoms with Crippen molar-refractivity contribution in [2.45, 2.75) is 31.6 Å². The SMILES string of the molecule is O=C1CCC(C(=O)NCC2CC(c3c(-c4ccc(F)cc4)[nH]c4c(F)cc(F)cc34)C2)CN1. The molecule has 0 bridgehead atoms. The highest BCUT2D eigenvalue weighted by Gasteiger charge is 2.35. The van der Waals surface area contributed by atoms with Gasteiger partial charge in [-0.1, -0.05) is 0 Å². The largest absolute Gasteiger partial charge is 0.356 e. The molecule has 1 aromatic heterocycles. The topological polar surface area (TPSA) is 74.0 Å². The molecule has 5 rings (SSSR count). The van der Waals surface area contributed by atoms with Crippen LogP contribution in [0.3, 0.4) is 0 Å². The number of nitrogens with one attached hydrogen (secondary N) is 3. The number of hydrogen-bond donors (Lipinski definition) is 3. The predicted octanol–water partition coefficient (Wildman–Crippen LogP) is 4.39. The highest BCUT2D eigenvalue weighted by molar-refractivity contribution is 5.92. The molecule has 8 heteroatoms. The van der Waals surface area contributed by atoms with Crippen molar-refractivity contribution in [2.24, 2.45) is 11.8 Å². The van der Waals surface area contributed by atoms with Crippen LogP contribution in [0.5, 0.6) is 0 Å². The van der Waals surface area contributed by atoms with E-state index in [-0.39, 0.29) is 40.9 Å². The third-order valence-corrected chi connectivity index (χ3v) is 6.84. The molecule has 3 N–H and O–H groups in total. The van der Waals surface area contributed by atoms with Gasteiger partial charge in [0, 0.05) is 31.0 Å². The molecule has 5 nitrogen and oxygen atoms in total. The monoisotopic (exact) mass is 455 g/mol. The molecular formula is C25H24F3N3O2. The van der Waals surface area contributed by atoms with Crippen LogP contribution in [-0.2, 0) is 9.59 Å². The van der Waals surface area contributed by atoms with Gasteiger partial charge >= 0.3 is 0 Å². The van der Waals surface area contributed by atoms with Gasteiger partial charge in [-0.25, -0.2) is 13.2 Å². The highest BCUT2D eigenvalue weighted by Crippen LogP contribution is 2.48. The quantitative estimate of drug-likeness (QED) is 0.534. The Morgan fingerprint density at radius 1 is 1.06 bits per heavy atom. The Balaban J connectivity index is 1.33. The van der Waals surface area contributed by atoms with Gasteiger partial charge in [0.25, 0.3) is 0 Å². The van der Waals surface area contributed by atoms with Gasteiger partial charge in [-0.15, -0.1) is 0 Å². The number of rotatable bonds is 5. The third-order valence-electron chi connectivity index (χ3n) is 6.84. The van der Waals surface area contributed by atoms with Crippen LogP contribution < -0.4 is 10.6 Å². The number of piperidine rings is 1. The number of hydrogen-bond acceptors (Lipinski definition) is 2. The van der Waals surface area contributed by atoms with Crippen LogP contribution >= 0.6 is 0 Å². The fourth-order valence-electron chi connectivity index (χ4n) is 4.99. The van der Waals surface area contributed by atoms with Gasteiger partial charge in [0.2, 0.25) is 11.8 Å². The van der Waals surface area contributed by atoms with E-state index in [4.69, 9.17) is 0 Å². The molecule has 1 unspecified atom stereocenters. The van der Waals surface area contributed by atoms with Crippen molar-refractivity contribution < 1.29 is 22.8 Å². The molecule has 172 valence electrons. The van der Waals surface area contributed by atoms with Crippen LogP contribution in [0.4, 0.5) is 13.2 Å². The molecule has 2 aliphatic rings. The van der Waals surface area contributed by atoms with Gasteiger partial charge in [0.1, 0.15) is 17.5 Å². The number of carbonyl (C=O) groups excluding carboxylic acids is 2. The zero-order valence-electron chi connectivity index (χ0n) is 17.9. The zero-order chi connectivity index (χ0) is 23.1. The maximum absolute atomic E-state index is 14.5. The lowest BCUT2D eigenvalue weighted by molar-refractivity contribution is -0.129. The van der Waals surface area contributed by atoms with Crippen molar-refractivity contribution in [2.75, 3.05) is 13.1 Å². The van der Waals surface area contributed by atoms with Crippen LogP contribution in [0.15, 0.2) is 36.4 Å². The Bertz CT molecular complexity index is 1210. The number of aromatic nitrogens is 1. The minimum atomic E-state index is -0.665. The van der Waals surface area contributed by atoms with Crippen molar-refractivity contribution >= 4 is 22.7 Å². The summed E-state index contributed by atoms with van der Waals surface area (Å²) in [7, 11) is 0. The molecule has 2 heterocycles. The van der Waals surface area contributed by atoms with Crippen molar-refractivity contribution in [3.05, 3.63) is 59.4 Å². The minimum absolute atomic E-state index is 0.0237. The van der Waals surface area contributed by atoms with E-state index in [2.05, 4.69) is 15.6 Å².